The lowest BCUT2D eigenvalue weighted by Gasteiger charge is -2.44. The highest BCUT2D eigenvalue weighted by Crippen LogP contribution is 2.31. The molecule has 0 radical (unpaired) electrons. The van der Waals surface area contributed by atoms with Gasteiger partial charge in [-0.2, -0.15) is 5.21 Å². The number of hydrogen-bond donors (Lipinski definition) is 5. The van der Waals surface area contributed by atoms with Crippen molar-refractivity contribution in [1.82, 2.24) is 51.3 Å². The van der Waals surface area contributed by atoms with E-state index in [0.29, 0.717) is 25.2 Å². The minimum absolute atomic E-state index is 0.0398. The second-order valence-electron chi connectivity index (χ2n) is 17.0. The van der Waals surface area contributed by atoms with Crippen molar-refractivity contribution in [3.05, 3.63) is 41.7 Å². The summed E-state index contributed by atoms with van der Waals surface area (Å²) in [5.74, 6) is -0.589. The summed E-state index contributed by atoms with van der Waals surface area (Å²) in [5, 5.41) is 36.3. The molecule has 58 heavy (non-hydrogen) atoms. The van der Waals surface area contributed by atoms with Crippen LogP contribution in [0.3, 0.4) is 0 Å². The minimum atomic E-state index is -1.04. The molecule has 2 aromatic rings. The van der Waals surface area contributed by atoms with E-state index in [-0.39, 0.29) is 60.0 Å². The molecule has 0 saturated carbocycles. The van der Waals surface area contributed by atoms with E-state index >= 15 is 0 Å². The monoisotopic (exact) mass is 813 g/mol. The number of aromatic amines is 1. The molecule has 2 aliphatic rings. The summed E-state index contributed by atoms with van der Waals surface area (Å²) in [7, 11) is 5.05. The van der Waals surface area contributed by atoms with E-state index in [4.69, 9.17) is 9.47 Å². The molecule has 16 nitrogen and oxygen atoms in total. The van der Waals surface area contributed by atoms with Crippen LogP contribution >= 0.6 is 0 Å². The van der Waals surface area contributed by atoms with Gasteiger partial charge in [0.05, 0.1) is 48.7 Å². The summed E-state index contributed by atoms with van der Waals surface area (Å²) >= 11 is 0. The molecule has 0 spiro atoms. The molecule has 2 unspecified atom stereocenters. The Balaban J connectivity index is 1.48. The summed E-state index contributed by atoms with van der Waals surface area (Å²) in [6.45, 7) is 17.9. The predicted molar refractivity (Wildman–Crippen MR) is 222 cm³/mol. The van der Waals surface area contributed by atoms with Gasteiger partial charge in [0.15, 0.2) is 5.82 Å². The molecule has 1 aromatic heterocycles. The number of rotatable bonds is 22. The van der Waals surface area contributed by atoms with Crippen molar-refractivity contribution in [1.29, 1.82) is 0 Å². The highest BCUT2D eigenvalue weighted by Gasteiger charge is 2.44. The number of tetrazole rings is 1. The number of aliphatic hydroxyl groups is 1. The molecular formula is C42H72N10O6. The van der Waals surface area contributed by atoms with Gasteiger partial charge >= 0.3 is 0 Å². The van der Waals surface area contributed by atoms with E-state index in [1.807, 2.05) is 68.0 Å². The number of carbonyl (C=O) groups is 3. The number of methoxy groups -OCH3 is 2. The molecule has 2 fully saturated rings. The summed E-state index contributed by atoms with van der Waals surface area (Å²) in [6, 6.07) is 7.72. The van der Waals surface area contributed by atoms with Crippen molar-refractivity contribution in [2.45, 2.75) is 129 Å². The lowest BCUT2D eigenvalue weighted by molar-refractivity contribution is -0.146. The van der Waals surface area contributed by atoms with E-state index in [9.17, 15) is 19.5 Å². The maximum Gasteiger partial charge on any atom is 0.237 e. The molecule has 3 amide bonds. The van der Waals surface area contributed by atoms with Gasteiger partial charge < -0.3 is 35.4 Å². The Kier molecular flexibility index (Phi) is 18.5. The molecule has 2 aliphatic heterocycles. The van der Waals surface area contributed by atoms with Crippen molar-refractivity contribution in [3.63, 3.8) is 0 Å². The van der Waals surface area contributed by atoms with Gasteiger partial charge in [-0.15, -0.1) is 10.2 Å². The fourth-order valence-electron chi connectivity index (χ4n) is 8.98. The lowest BCUT2D eigenvalue weighted by Crippen LogP contribution is -2.63. The zero-order valence-corrected chi connectivity index (χ0v) is 36.6. The van der Waals surface area contributed by atoms with Gasteiger partial charge in [0.25, 0.3) is 0 Å². The third-order valence-corrected chi connectivity index (χ3v) is 12.4. The van der Waals surface area contributed by atoms with E-state index in [0.717, 1.165) is 44.6 Å². The highest BCUT2D eigenvalue weighted by molar-refractivity contribution is 5.82. The third kappa shape index (κ3) is 12.0. The van der Waals surface area contributed by atoms with Gasteiger partial charge in [0, 0.05) is 59.4 Å². The number of hydrogen-bond acceptors (Lipinski definition) is 12. The average Bonchev–Trinajstić information content (AvgIpc) is 3.94. The van der Waals surface area contributed by atoms with Crippen LogP contribution in [0.25, 0.3) is 0 Å². The summed E-state index contributed by atoms with van der Waals surface area (Å²) in [5.41, 5.74) is 1.01. The van der Waals surface area contributed by atoms with E-state index < -0.39 is 36.4 Å². The number of nitrogens with one attached hydrogen (secondary N) is 4. The normalized spacial score (nSPS) is 21.3. The third-order valence-electron chi connectivity index (χ3n) is 12.4. The Morgan fingerprint density at radius 1 is 0.966 bits per heavy atom. The fraction of sp³-hybridized carbons (Fsp3) is 0.762. The van der Waals surface area contributed by atoms with Gasteiger partial charge in [0.1, 0.15) is 6.23 Å². The fourth-order valence-corrected chi connectivity index (χ4v) is 8.98. The van der Waals surface area contributed by atoms with Gasteiger partial charge in [-0.1, -0.05) is 90.4 Å². The van der Waals surface area contributed by atoms with Gasteiger partial charge in [-0.05, 0) is 43.2 Å². The number of likely N-dealkylation sites (tertiary alicyclic amines) is 1. The summed E-state index contributed by atoms with van der Waals surface area (Å²) in [6.07, 6.45) is 0.617. The van der Waals surface area contributed by atoms with Gasteiger partial charge in [-0.3, -0.25) is 24.2 Å². The molecule has 10 atom stereocenters. The largest absolute Gasteiger partial charge is 0.379 e. The molecule has 2 saturated heterocycles. The van der Waals surface area contributed by atoms with Crippen LogP contribution in [0.15, 0.2) is 30.3 Å². The quantitative estimate of drug-likeness (QED) is 0.109. The molecule has 0 bridgehead atoms. The van der Waals surface area contributed by atoms with Crippen LogP contribution in [0, 0.1) is 23.7 Å². The summed E-state index contributed by atoms with van der Waals surface area (Å²) in [4.78, 5) is 48.1. The predicted octanol–water partition coefficient (Wildman–Crippen LogP) is 2.38. The number of likely N-dealkylation sites (N-methyl/N-ethyl adjacent to an activating group) is 1. The van der Waals surface area contributed by atoms with Crippen LogP contribution < -0.4 is 16.0 Å². The molecule has 4 rings (SSSR count). The Labute approximate surface area is 345 Å². The summed E-state index contributed by atoms with van der Waals surface area (Å²) < 4.78 is 12.2. The van der Waals surface area contributed by atoms with Gasteiger partial charge in [-0.25, -0.2) is 0 Å². The smallest absolute Gasteiger partial charge is 0.237 e. The van der Waals surface area contributed by atoms with E-state index in [1.54, 1.807) is 14.2 Å². The first-order valence-corrected chi connectivity index (χ1v) is 21.3. The number of piperazine rings is 1. The molecule has 326 valence electrons. The molecule has 3 heterocycles. The average molecular weight is 813 g/mol. The number of benzene rings is 1. The Morgan fingerprint density at radius 2 is 1.66 bits per heavy atom. The van der Waals surface area contributed by atoms with Crippen LogP contribution in [0.4, 0.5) is 0 Å². The van der Waals surface area contributed by atoms with Crippen LogP contribution in [0.2, 0.25) is 0 Å². The molecule has 5 N–H and O–H groups in total. The standard InChI is InChI=1S/C42H72N10O6/c1-11-28(6)37(50(8)42(56)35(26(2)3)45-41(55)36(27(4)5)51-22-19-43-20-23-51)33(57-9)25-34(53)52-21-15-18-32(52)38(58-10)29(7)40(54)44-31(39-46-48-49-47-39)24-30-16-13-12-14-17-30/h12-14,16-17,26-29,31-33,35-38,42-43,56H,11,15,18-25H2,1-10H3,(H,44,54)(H,45,55)(H,46,47,48,49)/t28-,29+,31-,32-,33?,35-,36-,37-,38+,42?/m0/s1. The van der Waals surface area contributed by atoms with Crippen LogP contribution in [0.5, 0.6) is 0 Å². The number of nitrogens with zero attached hydrogens (tertiary/aromatic N) is 6. The van der Waals surface area contributed by atoms with Crippen molar-refractivity contribution in [3.8, 4) is 0 Å². The molecule has 16 heteroatoms. The Hall–Kier alpha value is -3.54. The zero-order chi connectivity index (χ0) is 42.5. The minimum Gasteiger partial charge on any atom is -0.379 e. The van der Waals surface area contributed by atoms with E-state index in [1.165, 1.54) is 0 Å². The van der Waals surface area contributed by atoms with Crippen molar-refractivity contribution in [2.75, 3.05) is 54.0 Å². The van der Waals surface area contributed by atoms with Crippen molar-refractivity contribution >= 4 is 17.7 Å². The Morgan fingerprint density at radius 3 is 2.22 bits per heavy atom. The maximum absolute atomic E-state index is 14.4. The topological polar surface area (TPSA) is 190 Å². The number of ether oxygens (including phenoxy) is 2. The SMILES string of the molecule is CC[C@H](C)[C@@H](C(CC(=O)N1CCC[C@H]1[C@H](OC)[C@@H](C)C(=O)N[C@@H](Cc1ccccc1)c1nn[nH]n1)OC)N(C)C(O)[C@@H](NC(=O)[C@H](C(C)C)N1CCNCC1)C(C)C. The first-order chi connectivity index (χ1) is 27.7. The van der Waals surface area contributed by atoms with Crippen LogP contribution in [-0.4, -0.2) is 155 Å². The Bertz CT molecular complexity index is 1530. The number of aliphatic hydroxyl groups excluding tert-OH is 1. The van der Waals surface area contributed by atoms with Crippen molar-refractivity contribution in [2.24, 2.45) is 23.7 Å². The molecule has 0 aliphatic carbocycles. The lowest BCUT2D eigenvalue weighted by atomic mass is 9.89. The highest BCUT2D eigenvalue weighted by atomic mass is 16.5. The van der Waals surface area contributed by atoms with Crippen LogP contribution in [0.1, 0.15) is 91.6 Å². The van der Waals surface area contributed by atoms with Crippen LogP contribution in [-0.2, 0) is 30.3 Å². The zero-order valence-electron chi connectivity index (χ0n) is 36.6. The number of aromatic nitrogens is 4. The van der Waals surface area contributed by atoms with E-state index in [2.05, 4.69) is 69.2 Å². The van der Waals surface area contributed by atoms with Crippen molar-refractivity contribution < 1.29 is 29.0 Å². The molecular weight excluding hydrogens is 741 g/mol. The molecule has 1 aromatic carbocycles. The van der Waals surface area contributed by atoms with Gasteiger partial charge in [0.2, 0.25) is 17.7 Å². The second-order valence-corrected chi connectivity index (χ2v) is 17.0. The first kappa shape index (κ1) is 47.1. The second kappa shape index (κ2) is 22.7. The number of H-pyrrole nitrogens is 1. The number of carbonyl (C=O) groups excluding carboxylic acids is 3. The number of amides is 3. The first-order valence-electron chi connectivity index (χ1n) is 21.3. The maximum atomic E-state index is 14.4.